The molecule has 0 aliphatic carbocycles. The van der Waals surface area contributed by atoms with Crippen molar-refractivity contribution in [1.82, 2.24) is 10.2 Å². The van der Waals surface area contributed by atoms with Crippen LogP contribution in [0, 0.1) is 6.92 Å². The summed E-state index contributed by atoms with van der Waals surface area (Å²) >= 11 is 0. The molecule has 12 heteroatoms. The minimum absolute atomic E-state index is 0.112. The summed E-state index contributed by atoms with van der Waals surface area (Å²) in [5, 5.41) is 8.78. The first-order valence-corrected chi connectivity index (χ1v) is 12.6. The van der Waals surface area contributed by atoms with Crippen molar-refractivity contribution < 1.29 is 18.0 Å². The smallest absolute Gasteiger partial charge is 0.366 e. The maximum atomic E-state index is 13.6. The van der Waals surface area contributed by atoms with Crippen LogP contribution in [0.3, 0.4) is 0 Å². The lowest BCUT2D eigenvalue weighted by Crippen LogP contribution is -2.33. The highest BCUT2D eigenvalue weighted by Crippen LogP contribution is 2.33. The van der Waals surface area contributed by atoms with Crippen molar-refractivity contribution in [2.24, 2.45) is 20.0 Å². The average Bonchev–Trinajstić information content (AvgIpc) is 3.42. The van der Waals surface area contributed by atoms with Crippen LogP contribution < -0.4 is 16.0 Å². The summed E-state index contributed by atoms with van der Waals surface area (Å²) in [6.07, 6.45) is 0.592. The van der Waals surface area contributed by atoms with Crippen LogP contribution >= 0.6 is 0 Å². The molecule has 0 radical (unpaired) electrons. The number of amides is 1. The molecule has 9 nitrogen and oxygen atoms in total. The first kappa shape index (κ1) is 28.0. The number of hydrogen-bond acceptors (Lipinski definition) is 5. The van der Waals surface area contributed by atoms with Crippen molar-refractivity contribution in [3.63, 3.8) is 0 Å². The number of carbonyl (C=O) groups excluding carboxylic acids is 1. The quantitative estimate of drug-likeness (QED) is 0.342. The normalized spacial score (nSPS) is 18.2. The molecule has 1 amide bonds. The number of nitrogens with one attached hydrogen (secondary N) is 3. The molecule has 2 aromatic rings. The van der Waals surface area contributed by atoms with Gasteiger partial charge in [-0.25, -0.2) is 9.98 Å². The lowest BCUT2D eigenvalue weighted by Gasteiger charge is -2.18. The molecule has 0 spiro atoms. The van der Waals surface area contributed by atoms with Gasteiger partial charge in [0.2, 0.25) is 5.96 Å². The summed E-state index contributed by atoms with van der Waals surface area (Å²) < 4.78 is 40.7. The molecule has 206 valence electrons. The standard InChI is InChI=1S/C27H31F3N8O/c1-18-5-6-20(11-24(18)36-17-32-16-35-23-13-33-26(31-2)34-14-23)25(39)37-22-10-19(15-38-7-3-4-8-38)9-21(12-22)27(28,29)30/h5-6,9-13,16,36H,3-4,7-8,14-15,17H2,1-2H3,(H,31,34)(H,37,39). The number of rotatable bonds is 8. The first-order chi connectivity index (χ1) is 18.7. The molecule has 1 saturated heterocycles. The number of aryl methyl sites for hydroxylation is 1. The van der Waals surface area contributed by atoms with E-state index in [0.717, 1.165) is 43.6 Å². The van der Waals surface area contributed by atoms with E-state index in [2.05, 4.69) is 40.8 Å². The number of anilines is 2. The van der Waals surface area contributed by atoms with Gasteiger partial charge in [0, 0.05) is 30.5 Å². The van der Waals surface area contributed by atoms with Crippen molar-refractivity contribution in [2.75, 3.05) is 44.0 Å². The van der Waals surface area contributed by atoms with Crippen LogP contribution in [0.25, 0.3) is 0 Å². The average molecular weight is 541 g/mol. The van der Waals surface area contributed by atoms with Gasteiger partial charge in [0.15, 0.2) is 0 Å². The molecule has 2 aliphatic heterocycles. The Kier molecular flexibility index (Phi) is 9.07. The van der Waals surface area contributed by atoms with Crippen molar-refractivity contribution in [2.45, 2.75) is 32.5 Å². The molecule has 2 aliphatic rings. The Labute approximate surface area is 225 Å². The minimum atomic E-state index is -4.51. The number of carbonyl (C=O) groups is 1. The van der Waals surface area contributed by atoms with E-state index in [0.29, 0.717) is 41.6 Å². The van der Waals surface area contributed by atoms with E-state index in [1.54, 1.807) is 37.5 Å². The van der Waals surface area contributed by atoms with E-state index in [1.165, 1.54) is 6.34 Å². The Morgan fingerprint density at radius 1 is 1.18 bits per heavy atom. The van der Waals surface area contributed by atoms with Crippen LogP contribution in [-0.4, -0.2) is 68.4 Å². The lowest BCUT2D eigenvalue weighted by molar-refractivity contribution is -0.137. The zero-order valence-corrected chi connectivity index (χ0v) is 21.8. The number of alkyl halides is 3. The van der Waals surface area contributed by atoms with E-state index in [4.69, 9.17) is 0 Å². The van der Waals surface area contributed by atoms with Crippen LogP contribution in [0.5, 0.6) is 0 Å². The largest absolute Gasteiger partial charge is 0.416 e. The van der Waals surface area contributed by atoms with Gasteiger partial charge >= 0.3 is 6.18 Å². The molecule has 0 unspecified atom stereocenters. The summed E-state index contributed by atoms with van der Waals surface area (Å²) in [6, 6.07) is 8.78. The van der Waals surface area contributed by atoms with E-state index < -0.39 is 17.6 Å². The van der Waals surface area contributed by atoms with Crippen molar-refractivity contribution in [3.8, 4) is 0 Å². The molecule has 1 fully saturated rings. The van der Waals surface area contributed by atoms with E-state index in [9.17, 15) is 18.0 Å². The number of guanidine groups is 1. The highest BCUT2D eigenvalue weighted by Gasteiger charge is 2.31. The Hall–Kier alpha value is -4.06. The number of hydrogen-bond donors (Lipinski definition) is 3. The fraction of sp³-hybridized carbons (Fsp3) is 0.370. The van der Waals surface area contributed by atoms with E-state index in [1.807, 2.05) is 6.92 Å². The van der Waals surface area contributed by atoms with Crippen LogP contribution in [-0.2, 0) is 12.7 Å². The molecule has 0 saturated carbocycles. The lowest BCUT2D eigenvalue weighted by atomic mass is 10.1. The van der Waals surface area contributed by atoms with Gasteiger partial charge < -0.3 is 16.0 Å². The van der Waals surface area contributed by atoms with Gasteiger partial charge in [-0.2, -0.15) is 13.2 Å². The maximum absolute atomic E-state index is 13.6. The van der Waals surface area contributed by atoms with Gasteiger partial charge in [-0.05, 0) is 74.3 Å². The Balaban J connectivity index is 1.41. The second-order valence-electron chi connectivity index (χ2n) is 9.30. The van der Waals surface area contributed by atoms with Crippen molar-refractivity contribution in [3.05, 3.63) is 58.7 Å². The third-order valence-corrected chi connectivity index (χ3v) is 6.32. The fourth-order valence-corrected chi connectivity index (χ4v) is 4.27. The maximum Gasteiger partial charge on any atom is 0.416 e. The third kappa shape index (κ3) is 7.96. The second kappa shape index (κ2) is 12.7. The number of halogens is 3. The molecule has 39 heavy (non-hydrogen) atoms. The SMILES string of the molecule is CN=C1N=CC(=NC=NCNc2cc(C(=O)Nc3cc(CN4CCCC4)cc(C(F)(F)F)c3)ccc2C)CN1. The van der Waals surface area contributed by atoms with Crippen LogP contribution in [0.4, 0.5) is 24.5 Å². The van der Waals surface area contributed by atoms with Gasteiger partial charge in [-0.1, -0.05) is 6.07 Å². The molecule has 0 aromatic heterocycles. The van der Waals surface area contributed by atoms with Gasteiger partial charge in [-0.15, -0.1) is 0 Å². The second-order valence-corrected chi connectivity index (χ2v) is 9.30. The fourth-order valence-electron chi connectivity index (χ4n) is 4.27. The molecule has 4 rings (SSSR count). The molecular formula is C27H31F3N8O. The summed E-state index contributed by atoms with van der Waals surface area (Å²) in [5.74, 6) is 0.0426. The number of likely N-dealkylation sites (tertiary alicyclic amines) is 1. The molecule has 0 bridgehead atoms. The van der Waals surface area contributed by atoms with Gasteiger partial charge in [-0.3, -0.25) is 19.7 Å². The molecule has 2 heterocycles. The Morgan fingerprint density at radius 3 is 2.67 bits per heavy atom. The summed E-state index contributed by atoms with van der Waals surface area (Å²) in [4.78, 5) is 31.6. The molecule has 2 aromatic carbocycles. The Morgan fingerprint density at radius 2 is 1.97 bits per heavy atom. The van der Waals surface area contributed by atoms with E-state index >= 15 is 0 Å². The summed E-state index contributed by atoms with van der Waals surface area (Å²) in [7, 11) is 1.65. The van der Waals surface area contributed by atoms with Crippen molar-refractivity contribution in [1.29, 1.82) is 0 Å². The monoisotopic (exact) mass is 540 g/mol. The first-order valence-electron chi connectivity index (χ1n) is 12.6. The molecular weight excluding hydrogens is 509 g/mol. The van der Waals surface area contributed by atoms with Gasteiger partial charge in [0.05, 0.1) is 24.0 Å². The van der Waals surface area contributed by atoms with E-state index in [-0.39, 0.29) is 12.4 Å². The highest BCUT2D eigenvalue weighted by molar-refractivity contribution is 6.36. The zero-order valence-electron chi connectivity index (χ0n) is 21.8. The topological polar surface area (TPSA) is 106 Å². The zero-order chi connectivity index (χ0) is 27.8. The molecule has 3 N–H and O–H groups in total. The van der Waals surface area contributed by atoms with Gasteiger partial charge in [0.25, 0.3) is 5.91 Å². The van der Waals surface area contributed by atoms with Crippen molar-refractivity contribution >= 4 is 41.5 Å². The Bertz CT molecular complexity index is 1310. The number of benzene rings is 2. The predicted octanol–water partition coefficient (Wildman–Crippen LogP) is 4.36. The summed E-state index contributed by atoms with van der Waals surface area (Å²) in [5.41, 5.74) is 2.43. The predicted molar refractivity (Wildman–Crippen MR) is 149 cm³/mol. The highest BCUT2D eigenvalue weighted by atomic mass is 19.4. The summed E-state index contributed by atoms with van der Waals surface area (Å²) in [6.45, 7) is 4.71. The van der Waals surface area contributed by atoms with Crippen LogP contribution in [0.15, 0.2) is 56.4 Å². The number of nitrogens with zero attached hydrogens (tertiary/aromatic N) is 5. The number of aliphatic imine (C=N–C) groups is 4. The third-order valence-electron chi connectivity index (χ3n) is 6.32. The van der Waals surface area contributed by atoms with Crippen LogP contribution in [0.1, 0.15) is 39.9 Å². The minimum Gasteiger partial charge on any atom is -0.366 e. The van der Waals surface area contributed by atoms with Gasteiger partial charge in [0.1, 0.15) is 13.0 Å². The van der Waals surface area contributed by atoms with Crippen LogP contribution in [0.2, 0.25) is 0 Å². The molecule has 0 atom stereocenters.